The van der Waals surface area contributed by atoms with Crippen LogP contribution in [-0.4, -0.2) is 34.6 Å². The Kier molecular flexibility index (Phi) is 4.62. The molecule has 0 atom stereocenters. The van der Waals surface area contributed by atoms with Gasteiger partial charge in [0, 0.05) is 42.8 Å². The third-order valence-electron chi connectivity index (χ3n) is 5.27. The molecule has 0 saturated heterocycles. The molecule has 9 nitrogen and oxygen atoms in total. The summed E-state index contributed by atoms with van der Waals surface area (Å²) in [6.07, 6.45) is 9.38. The summed E-state index contributed by atoms with van der Waals surface area (Å²) >= 11 is 0. The van der Waals surface area contributed by atoms with Gasteiger partial charge in [-0.2, -0.15) is 5.10 Å². The Morgan fingerprint density at radius 2 is 2.00 bits per heavy atom. The third-order valence-corrected chi connectivity index (χ3v) is 5.27. The second-order valence-electron chi connectivity index (χ2n) is 7.40. The Labute approximate surface area is 172 Å². The van der Waals surface area contributed by atoms with Crippen molar-refractivity contribution in [2.75, 3.05) is 5.32 Å². The van der Waals surface area contributed by atoms with Crippen LogP contribution >= 0.6 is 0 Å². The van der Waals surface area contributed by atoms with Gasteiger partial charge in [0.25, 0.3) is 0 Å². The number of aryl methyl sites for hydroxylation is 1. The van der Waals surface area contributed by atoms with Gasteiger partial charge in [0.05, 0.1) is 5.69 Å². The number of carbonyl (C=O) groups excluding carboxylic acids is 1. The average molecular weight is 403 g/mol. The second-order valence-corrected chi connectivity index (χ2v) is 7.40. The van der Waals surface area contributed by atoms with Crippen LogP contribution in [0.25, 0.3) is 17.0 Å². The molecule has 9 heteroatoms. The van der Waals surface area contributed by atoms with Crippen LogP contribution in [0.1, 0.15) is 25.1 Å². The summed E-state index contributed by atoms with van der Waals surface area (Å²) in [6, 6.07) is 9.26. The predicted octanol–water partition coefficient (Wildman–Crippen LogP) is 2.12. The van der Waals surface area contributed by atoms with E-state index in [1.807, 2.05) is 47.1 Å². The van der Waals surface area contributed by atoms with Gasteiger partial charge in [0.15, 0.2) is 0 Å². The number of anilines is 1. The zero-order valence-electron chi connectivity index (χ0n) is 16.4. The smallest absolute Gasteiger partial charge is 0.324 e. The molecular weight excluding hydrogens is 382 g/mol. The number of rotatable bonds is 4. The number of fused-ring (bicyclic) bond motifs is 2. The first-order valence-electron chi connectivity index (χ1n) is 10.0. The van der Waals surface area contributed by atoms with Crippen LogP contribution in [-0.2, 0) is 24.3 Å². The summed E-state index contributed by atoms with van der Waals surface area (Å²) < 4.78 is 4.81. The largest absolute Gasteiger partial charge is 0.346 e. The van der Waals surface area contributed by atoms with Crippen LogP contribution in [0.3, 0.4) is 0 Å². The number of benzene rings is 1. The number of nitrogens with zero attached hydrogens (tertiary/aromatic N) is 6. The van der Waals surface area contributed by atoms with Crippen LogP contribution < -0.4 is 11.0 Å². The first-order valence-corrected chi connectivity index (χ1v) is 10.0. The Morgan fingerprint density at radius 1 is 1.13 bits per heavy atom. The topological polar surface area (TPSA) is 99.1 Å². The molecule has 0 aliphatic carbocycles. The van der Waals surface area contributed by atoms with Crippen molar-refractivity contribution in [3.05, 3.63) is 65.2 Å². The highest BCUT2D eigenvalue weighted by Crippen LogP contribution is 2.20. The molecule has 1 aliphatic rings. The Hall–Kier alpha value is -3.75. The van der Waals surface area contributed by atoms with Crippen molar-refractivity contribution < 1.29 is 4.79 Å². The molecule has 4 heterocycles. The molecule has 0 unspecified atom stereocenters. The van der Waals surface area contributed by atoms with Gasteiger partial charge in [-0.1, -0.05) is 18.6 Å². The van der Waals surface area contributed by atoms with E-state index in [0.717, 1.165) is 42.8 Å². The number of nitrogens with one attached hydrogen (secondary N) is 1. The van der Waals surface area contributed by atoms with Gasteiger partial charge < -0.3 is 5.32 Å². The number of amides is 1. The highest BCUT2D eigenvalue weighted by Gasteiger charge is 2.17. The monoisotopic (exact) mass is 403 g/mol. The first kappa shape index (κ1) is 18.3. The van der Waals surface area contributed by atoms with Crippen LogP contribution in [0.4, 0.5) is 5.69 Å². The standard InChI is InChI=1S/C21H21N7O2/c29-19(14-28-21(30)27-12-3-1-2-5-18(27)25-28)23-16-8-6-15(7-9-16)17-13-26-11-4-10-22-20(26)24-17/h4,6-11,13H,1-3,5,12,14H2,(H,23,29). The molecule has 0 radical (unpaired) electrons. The Balaban J connectivity index is 1.28. The molecule has 1 N–H and O–H groups in total. The highest BCUT2D eigenvalue weighted by atomic mass is 16.2. The van der Waals surface area contributed by atoms with E-state index in [2.05, 4.69) is 20.4 Å². The van der Waals surface area contributed by atoms with E-state index in [1.54, 1.807) is 10.8 Å². The van der Waals surface area contributed by atoms with Gasteiger partial charge in [-0.25, -0.2) is 19.4 Å². The summed E-state index contributed by atoms with van der Waals surface area (Å²) in [7, 11) is 0. The lowest BCUT2D eigenvalue weighted by Gasteiger charge is -2.06. The summed E-state index contributed by atoms with van der Waals surface area (Å²) in [5, 5.41) is 7.19. The number of hydrogen-bond acceptors (Lipinski definition) is 5. The summed E-state index contributed by atoms with van der Waals surface area (Å²) in [6.45, 7) is 0.578. The maximum Gasteiger partial charge on any atom is 0.346 e. The van der Waals surface area contributed by atoms with E-state index in [1.165, 1.54) is 4.68 Å². The minimum Gasteiger partial charge on any atom is -0.324 e. The molecule has 4 aromatic rings. The lowest BCUT2D eigenvalue weighted by atomic mass is 10.1. The van der Waals surface area contributed by atoms with E-state index in [9.17, 15) is 9.59 Å². The SMILES string of the molecule is O=C(Cn1nc2n(c1=O)CCCCC2)Nc1ccc(-c2cn3cccnc3n2)cc1. The number of carbonyl (C=O) groups is 1. The van der Waals surface area contributed by atoms with Gasteiger partial charge >= 0.3 is 5.69 Å². The molecular formula is C21H21N7O2. The number of imidazole rings is 1. The molecule has 30 heavy (non-hydrogen) atoms. The van der Waals surface area contributed by atoms with Gasteiger partial charge in [-0.3, -0.25) is 13.8 Å². The van der Waals surface area contributed by atoms with Gasteiger partial charge in [0.2, 0.25) is 11.7 Å². The zero-order valence-corrected chi connectivity index (χ0v) is 16.4. The van der Waals surface area contributed by atoms with E-state index < -0.39 is 0 Å². The third kappa shape index (κ3) is 3.49. The lowest BCUT2D eigenvalue weighted by Crippen LogP contribution is -2.30. The van der Waals surface area contributed by atoms with Crippen molar-refractivity contribution in [1.82, 2.24) is 28.7 Å². The second kappa shape index (κ2) is 7.58. The molecule has 1 amide bonds. The van der Waals surface area contributed by atoms with E-state index in [-0.39, 0.29) is 18.1 Å². The molecule has 1 aromatic carbocycles. The van der Waals surface area contributed by atoms with Crippen LogP contribution in [0.5, 0.6) is 0 Å². The Bertz CT molecular complexity index is 1230. The first-order chi connectivity index (χ1) is 14.7. The van der Waals surface area contributed by atoms with Crippen molar-refractivity contribution in [3.8, 4) is 11.3 Å². The fourth-order valence-electron chi connectivity index (χ4n) is 3.76. The van der Waals surface area contributed by atoms with Crippen molar-refractivity contribution in [3.63, 3.8) is 0 Å². The summed E-state index contributed by atoms with van der Waals surface area (Å²) in [5.74, 6) is 1.13. The number of hydrogen-bond donors (Lipinski definition) is 1. The minimum atomic E-state index is -0.282. The minimum absolute atomic E-state index is 0.0985. The van der Waals surface area contributed by atoms with Crippen LogP contribution in [0.15, 0.2) is 53.7 Å². The zero-order chi connectivity index (χ0) is 20.5. The van der Waals surface area contributed by atoms with Gasteiger partial charge in [0.1, 0.15) is 12.4 Å². The Morgan fingerprint density at radius 3 is 2.83 bits per heavy atom. The fourth-order valence-corrected chi connectivity index (χ4v) is 3.76. The van der Waals surface area contributed by atoms with Crippen molar-refractivity contribution >= 4 is 17.4 Å². The summed E-state index contributed by atoms with van der Waals surface area (Å²) in [5.41, 5.74) is 2.17. The molecule has 5 rings (SSSR count). The molecule has 152 valence electrons. The normalized spacial score (nSPS) is 13.7. The van der Waals surface area contributed by atoms with Gasteiger partial charge in [-0.15, -0.1) is 0 Å². The maximum atomic E-state index is 12.5. The average Bonchev–Trinajstić information content (AvgIpc) is 3.21. The molecule has 0 saturated carbocycles. The predicted molar refractivity (Wildman–Crippen MR) is 111 cm³/mol. The van der Waals surface area contributed by atoms with Crippen molar-refractivity contribution in [2.45, 2.75) is 38.8 Å². The van der Waals surface area contributed by atoms with Crippen molar-refractivity contribution in [1.29, 1.82) is 0 Å². The maximum absolute atomic E-state index is 12.5. The molecule has 0 spiro atoms. The summed E-state index contributed by atoms with van der Waals surface area (Å²) in [4.78, 5) is 33.7. The highest BCUT2D eigenvalue weighted by molar-refractivity contribution is 5.90. The molecule has 1 aliphatic heterocycles. The lowest BCUT2D eigenvalue weighted by molar-refractivity contribution is -0.117. The van der Waals surface area contributed by atoms with E-state index in [4.69, 9.17) is 0 Å². The quantitative estimate of drug-likeness (QED) is 0.563. The van der Waals surface area contributed by atoms with E-state index >= 15 is 0 Å². The van der Waals surface area contributed by atoms with Crippen LogP contribution in [0.2, 0.25) is 0 Å². The van der Waals surface area contributed by atoms with Crippen LogP contribution in [0, 0.1) is 0 Å². The number of aromatic nitrogens is 6. The van der Waals surface area contributed by atoms with E-state index in [0.29, 0.717) is 18.0 Å². The van der Waals surface area contributed by atoms with Crippen molar-refractivity contribution in [2.24, 2.45) is 0 Å². The van der Waals surface area contributed by atoms with Gasteiger partial charge in [-0.05, 0) is 31.0 Å². The molecule has 0 fully saturated rings. The molecule has 3 aromatic heterocycles. The fraction of sp³-hybridized carbons (Fsp3) is 0.286. The molecule has 0 bridgehead atoms.